The van der Waals surface area contributed by atoms with Gasteiger partial charge in [-0.2, -0.15) is 5.26 Å². The lowest BCUT2D eigenvalue weighted by molar-refractivity contribution is -0.140. The van der Waals surface area contributed by atoms with Crippen LogP contribution in [0, 0.1) is 18.3 Å². The highest BCUT2D eigenvalue weighted by molar-refractivity contribution is 5.96. The van der Waals surface area contributed by atoms with E-state index in [2.05, 4.69) is 25.7 Å². The third kappa shape index (κ3) is 4.48. The lowest BCUT2D eigenvalue weighted by Crippen LogP contribution is -2.49. The Hall–Kier alpha value is -2.81. The van der Waals surface area contributed by atoms with E-state index >= 15 is 0 Å². The number of ether oxygens (including phenoxy) is 1. The van der Waals surface area contributed by atoms with Crippen molar-refractivity contribution in [1.29, 1.82) is 5.26 Å². The molecule has 0 bridgehead atoms. The van der Waals surface area contributed by atoms with Crippen LogP contribution in [0.3, 0.4) is 0 Å². The molecule has 144 valence electrons. The van der Waals surface area contributed by atoms with Gasteiger partial charge in [-0.05, 0) is 68.0 Å². The number of hydrogen-bond donors (Lipinski definition) is 1. The standard InChI is InChI=1S/C21H26N2O4/c1-13-8-19-18(10-16(13)9-17(12-22)20(25)26)14(2)11-21(4,5)23(19)6-7-27-15(3)24/h8-10,14H,6-7,11H2,1-5H3,(H,25,26). The summed E-state index contributed by atoms with van der Waals surface area (Å²) < 4.78 is 5.14. The fraction of sp³-hybridized carbons (Fsp3) is 0.476. The minimum absolute atomic E-state index is 0.102. The third-order valence-corrected chi connectivity index (χ3v) is 5.04. The van der Waals surface area contributed by atoms with Crippen molar-refractivity contribution in [2.24, 2.45) is 0 Å². The largest absolute Gasteiger partial charge is 0.477 e. The molecule has 1 aliphatic rings. The van der Waals surface area contributed by atoms with Gasteiger partial charge in [0.25, 0.3) is 0 Å². The minimum Gasteiger partial charge on any atom is -0.477 e. The number of carboxylic acids is 1. The fourth-order valence-electron chi connectivity index (χ4n) is 3.81. The molecule has 0 fully saturated rings. The summed E-state index contributed by atoms with van der Waals surface area (Å²) in [5.41, 5.74) is 3.42. The van der Waals surface area contributed by atoms with E-state index in [1.54, 1.807) is 6.07 Å². The highest BCUT2D eigenvalue weighted by Gasteiger charge is 2.36. The van der Waals surface area contributed by atoms with Crippen LogP contribution >= 0.6 is 0 Å². The first-order valence-corrected chi connectivity index (χ1v) is 8.97. The van der Waals surface area contributed by atoms with Gasteiger partial charge >= 0.3 is 11.9 Å². The maximum Gasteiger partial charge on any atom is 0.346 e. The molecule has 2 rings (SSSR count). The fourth-order valence-corrected chi connectivity index (χ4v) is 3.81. The molecule has 0 amide bonds. The van der Waals surface area contributed by atoms with E-state index in [9.17, 15) is 9.59 Å². The molecule has 1 unspecified atom stereocenters. The number of aliphatic carboxylic acids is 1. The van der Waals surface area contributed by atoms with Crippen LogP contribution in [0.25, 0.3) is 6.08 Å². The number of nitriles is 1. The number of fused-ring (bicyclic) bond motifs is 1. The summed E-state index contributed by atoms with van der Waals surface area (Å²) in [6.07, 6.45) is 2.34. The predicted molar refractivity (Wildman–Crippen MR) is 103 cm³/mol. The van der Waals surface area contributed by atoms with E-state index in [4.69, 9.17) is 15.1 Å². The third-order valence-electron chi connectivity index (χ3n) is 5.04. The number of carbonyl (C=O) groups is 2. The monoisotopic (exact) mass is 370 g/mol. The second-order valence-electron chi connectivity index (χ2n) is 7.65. The molecule has 0 saturated carbocycles. The molecule has 0 radical (unpaired) electrons. The SMILES string of the molecule is CC(=O)OCCN1c2cc(C)c(C=C(C#N)C(=O)O)cc2C(C)CC1(C)C. The van der Waals surface area contributed by atoms with Crippen LogP contribution in [0.2, 0.25) is 0 Å². The molecule has 27 heavy (non-hydrogen) atoms. The van der Waals surface area contributed by atoms with Gasteiger partial charge in [-0.1, -0.05) is 6.92 Å². The molecule has 1 heterocycles. The summed E-state index contributed by atoms with van der Waals surface area (Å²) in [6.45, 7) is 10.7. The van der Waals surface area contributed by atoms with Gasteiger partial charge in [0.15, 0.2) is 0 Å². The summed E-state index contributed by atoms with van der Waals surface area (Å²) in [4.78, 5) is 24.5. The summed E-state index contributed by atoms with van der Waals surface area (Å²) in [6, 6.07) is 5.74. The van der Waals surface area contributed by atoms with E-state index in [0.29, 0.717) is 13.2 Å². The Kier molecular flexibility index (Phi) is 5.94. The highest BCUT2D eigenvalue weighted by Crippen LogP contribution is 2.44. The Balaban J connectivity index is 2.49. The Morgan fingerprint density at radius 1 is 1.44 bits per heavy atom. The molecule has 1 aromatic rings. The van der Waals surface area contributed by atoms with Gasteiger partial charge in [-0.15, -0.1) is 0 Å². The number of nitrogens with zero attached hydrogens (tertiary/aromatic N) is 2. The van der Waals surface area contributed by atoms with Crippen molar-refractivity contribution in [2.75, 3.05) is 18.1 Å². The number of esters is 1. The van der Waals surface area contributed by atoms with Gasteiger partial charge in [-0.3, -0.25) is 4.79 Å². The Morgan fingerprint density at radius 2 is 2.11 bits per heavy atom. The van der Waals surface area contributed by atoms with Gasteiger partial charge in [0.1, 0.15) is 18.2 Å². The first-order chi connectivity index (χ1) is 12.6. The van der Waals surface area contributed by atoms with Gasteiger partial charge < -0.3 is 14.7 Å². The van der Waals surface area contributed by atoms with Crippen LogP contribution in [0.5, 0.6) is 0 Å². The first kappa shape index (κ1) is 20.5. The van der Waals surface area contributed by atoms with E-state index < -0.39 is 5.97 Å². The summed E-state index contributed by atoms with van der Waals surface area (Å²) in [5.74, 6) is -1.25. The molecule has 1 aliphatic heterocycles. The first-order valence-electron chi connectivity index (χ1n) is 8.97. The van der Waals surface area contributed by atoms with Crippen LogP contribution in [-0.4, -0.2) is 35.7 Å². The number of hydrogen-bond acceptors (Lipinski definition) is 5. The maximum atomic E-state index is 11.2. The number of rotatable bonds is 5. The Bertz CT molecular complexity index is 833. The lowest BCUT2D eigenvalue weighted by Gasteiger charge is -2.47. The molecule has 0 spiro atoms. The Labute approximate surface area is 160 Å². The molecular formula is C21H26N2O4. The zero-order valence-corrected chi connectivity index (χ0v) is 16.5. The van der Waals surface area contributed by atoms with E-state index in [1.807, 2.05) is 19.1 Å². The number of carbonyl (C=O) groups excluding carboxylic acids is 1. The van der Waals surface area contributed by atoms with Crippen LogP contribution in [0.4, 0.5) is 5.69 Å². The van der Waals surface area contributed by atoms with Crippen molar-refractivity contribution < 1.29 is 19.4 Å². The molecule has 0 aromatic heterocycles. The van der Waals surface area contributed by atoms with Gasteiger partial charge in [0.05, 0.1) is 6.54 Å². The average molecular weight is 370 g/mol. The summed E-state index contributed by atoms with van der Waals surface area (Å²) in [5, 5.41) is 18.2. The van der Waals surface area contributed by atoms with E-state index in [-0.39, 0.29) is 23.0 Å². The number of anilines is 1. The molecule has 1 atom stereocenters. The maximum absolute atomic E-state index is 11.2. The molecular weight excluding hydrogens is 344 g/mol. The number of carboxylic acid groups (broad SMARTS) is 1. The molecule has 1 aromatic carbocycles. The second-order valence-corrected chi connectivity index (χ2v) is 7.65. The van der Waals surface area contributed by atoms with Crippen molar-refractivity contribution >= 4 is 23.7 Å². The Morgan fingerprint density at radius 3 is 2.67 bits per heavy atom. The van der Waals surface area contributed by atoms with Crippen LogP contribution in [0.1, 0.15) is 56.7 Å². The quantitative estimate of drug-likeness (QED) is 0.483. The zero-order chi connectivity index (χ0) is 20.4. The van der Waals surface area contributed by atoms with Crippen LogP contribution in [-0.2, 0) is 14.3 Å². The number of benzene rings is 1. The second kappa shape index (κ2) is 7.83. The average Bonchev–Trinajstić information content (AvgIpc) is 2.55. The van der Waals surface area contributed by atoms with Gasteiger partial charge in [-0.25, -0.2) is 4.79 Å². The molecule has 6 heteroatoms. The molecule has 0 saturated heterocycles. The normalized spacial score (nSPS) is 18.4. The van der Waals surface area contributed by atoms with Crippen LogP contribution < -0.4 is 4.90 Å². The van der Waals surface area contributed by atoms with Gasteiger partial charge in [0, 0.05) is 18.2 Å². The van der Waals surface area contributed by atoms with Crippen molar-refractivity contribution in [3.63, 3.8) is 0 Å². The minimum atomic E-state index is -1.23. The van der Waals surface area contributed by atoms with Crippen molar-refractivity contribution in [3.05, 3.63) is 34.4 Å². The molecule has 0 aliphatic carbocycles. The van der Waals surface area contributed by atoms with E-state index in [1.165, 1.54) is 13.0 Å². The molecule has 1 N–H and O–H groups in total. The smallest absolute Gasteiger partial charge is 0.346 e. The zero-order valence-electron chi connectivity index (χ0n) is 16.5. The van der Waals surface area contributed by atoms with E-state index in [0.717, 1.165) is 28.8 Å². The van der Waals surface area contributed by atoms with Crippen molar-refractivity contribution in [1.82, 2.24) is 0 Å². The number of aryl methyl sites for hydroxylation is 1. The van der Waals surface area contributed by atoms with Crippen molar-refractivity contribution in [2.45, 2.75) is 52.5 Å². The topological polar surface area (TPSA) is 90.6 Å². The van der Waals surface area contributed by atoms with Gasteiger partial charge in [0.2, 0.25) is 0 Å². The van der Waals surface area contributed by atoms with Crippen molar-refractivity contribution in [3.8, 4) is 6.07 Å². The highest BCUT2D eigenvalue weighted by atomic mass is 16.5. The van der Waals surface area contributed by atoms with Crippen LogP contribution in [0.15, 0.2) is 17.7 Å². The summed E-state index contributed by atoms with van der Waals surface area (Å²) in [7, 11) is 0. The lowest BCUT2D eigenvalue weighted by atomic mass is 9.79. The summed E-state index contributed by atoms with van der Waals surface area (Å²) >= 11 is 0. The molecule has 6 nitrogen and oxygen atoms in total. The predicted octanol–water partition coefficient (Wildman–Crippen LogP) is 3.64.